The van der Waals surface area contributed by atoms with E-state index in [0.717, 1.165) is 5.82 Å². The van der Waals surface area contributed by atoms with Crippen molar-refractivity contribution in [1.29, 1.82) is 0 Å². The number of aromatic amines is 1. The Bertz CT molecular complexity index is 487. The summed E-state index contributed by atoms with van der Waals surface area (Å²) in [6.07, 6.45) is 6.02. The van der Waals surface area contributed by atoms with E-state index in [0.29, 0.717) is 36.6 Å². The van der Waals surface area contributed by atoms with E-state index in [-0.39, 0.29) is 5.91 Å². The lowest BCUT2D eigenvalue weighted by Crippen LogP contribution is -2.26. The third kappa shape index (κ3) is 3.29. The van der Waals surface area contributed by atoms with Gasteiger partial charge in [-0.05, 0) is 31.5 Å². The predicted octanol–water partition coefficient (Wildman–Crippen LogP) is 1.90. The molecule has 0 radical (unpaired) electrons. The van der Waals surface area contributed by atoms with Gasteiger partial charge in [0, 0.05) is 25.4 Å². The maximum atomic E-state index is 11.4. The molecule has 0 atom stereocenters. The van der Waals surface area contributed by atoms with Crippen LogP contribution in [-0.4, -0.2) is 27.2 Å². The van der Waals surface area contributed by atoms with Crippen LogP contribution in [0.3, 0.4) is 0 Å². The molecule has 1 amide bonds. The summed E-state index contributed by atoms with van der Waals surface area (Å²) in [5.74, 6) is 0.994. The van der Waals surface area contributed by atoms with Crippen LogP contribution in [0.5, 0.6) is 0 Å². The molecule has 0 bridgehead atoms. The van der Waals surface area contributed by atoms with Crippen molar-refractivity contribution in [2.75, 3.05) is 6.54 Å². The number of hydrogen-bond donors (Lipinski definition) is 2. The van der Waals surface area contributed by atoms with Gasteiger partial charge in [0.05, 0.1) is 0 Å². The van der Waals surface area contributed by atoms with Gasteiger partial charge in [-0.25, -0.2) is 0 Å². The standard InChI is InChI=1S/C12H18N4OS/c1-2-3-4-11(17)13-8-7-10-14-15-12(18)16(10)9-5-6-9/h2,9H,1,3-8H2,(H,13,17)(H,15,18). The summed E-state index contributed by atoms with van der Waals surface area (Å²) in [6, 6.07) is 0.516. The molecule has 0 saturated heterocycles. The molecule has 5 nitrogen and oxygen atoms in total. The monoisotopic (exact) mass is 266 g/mol. The fourth-order valence-corrected chi connectivity index (χ4v) is 2.16. The van der Waals surface area contributed by atoms with Crippen molar-refractivity contribution in [3.63, 3.8) is 0 Å². The van der Waals surface area contributed by atoms with Crippen molar-refractivity contribution in [3.05, 3.63) is 23.3 Å². The molecule has 0 aromatic carbocycles. The van der Waals surface area contributed by atoms with Crippen LogP contribution in [0.15, 0.2) is 12.7 Å². The van der Waals surface area contributed by atoms with Gasteiger partial charge in [0.2, 0.25) is 5.91 Å². The minimum Gasteiger partial charge on any atom is -0.356 e. The second-order valence-corrected chi connectivity index (χ2v) is 4.86. The molecule has 0 spiro atoms. The number of allylic oxidation sites excluding steroid dienone is 1. The van der Waals surface area contributed by atoms with Gasteiger partial charge in [-0.15, -0.1) is 6.58 Å². The molecular formula is C12H18N4OS. The van der Waals surface area contributed by atoms with Gasteiger partial charge >= 0.3 is 0 Å². The Morgan fingerprint density at radius 1 is 1.67 bits per heavy atom. The molecule has 1 aliphatic carbocycles. The van der Waals surface area contributed by atoms with Crippen LogP contribution in [-0.2, 0) is 11.2 Å². The SMILES string of the molecule is C=CCCC(=O)NCCc1n[nH]c(=S)n1C1CC1. The highest BCUT2D eigenvalue weighted by atomic mass is 32.1. The van der Waals surface area contributed by atoms with E-state index >= 15 is 0 Å². The number of H-pyrrole nitrogens is 1. The van der Waals surface area contributed by atoms with Gasteiger partial charge < -0.3 is 9.88 Å². The molecule has 1 aliphatic rings. The highest BCUT2D eigenvalue weighted by molar-refractivity contribution is 7.71. The van der Waals surface area contributed by atoms with E-state index in [4.69, 9.17) is 12.2 Å². The molecule has 2 N–H and O–H groups in total. The minimum atomic E-state index is 0.0574. The number of carbonyl (C=O) groups is 1. The maximum Gasteiger partial charge on any atom is 0.220 e. The average molecular weight is 266 g/mol. The molecule has 0 unspecified atom stereocenters. The fraction of sp³-hybridized carbons (Fsp3) is 0.583. The van der Waals surface area contributed by atoms with Crippen LogP contribution in [0.2, 0.25) is 0 Å². The Balaban J connectivity index is 1.81. The third-order valence-corrected chi connectivity index (χ3v) is 3.22. The van der Waals surface area contributed by atoms with E-state index in [9.17, 15) is 4.79 Å². The summed E-state index contributed by atoms with van der Waals surface area (Å²) < 4.78 is 2.76. The van der Waals surface area contributed by atoms with Gasteiger partial charge in [0.15, 0.2) is 4.77 Å². The fourth-order valence-electron chi connectivity index (χ4n) is 1.86. The largest absolute Gasteiger partial charge is 0.356 e. The Kier molecular flexibility index (Phi) is 4.30. The Hall–Kier alpha value is -1.43. The van der Waals surface area contributed by atoms with Gasteiger partial charge in [-0.1, -0.05) is 6.08 Å². The van der Waals surface area contributed by atoms with E-state index in [1.54, 1.807) is 6.08 Å². The third-order valence-electron chi connectivity index (χ3n) is 2.94. The van der Waals surface area contributed by atoms with E-state index in [2.05, 4.69) is 26.7 Å². The molecule has 1 saturated carbocycles. The quantitative estimate of drug-likeness (QED) is 0.585. The van der Waals surface area contributed by atoms with E-state index < -0.39 is 0 Å². The highest BCUT2D eigenvalue weighted by Gasteiger charge is 2.26. The number of nitrogens with one attached hydrogen (secondary N) is 2. The first-order valence-electron chi connectivity index (χ1n) is 6.25. The first kappa shape index (κ1) is 13.0. The van der Waals surface area contributed by atoms with Crippen LogP contribution < -0.4 is 5.32 Å². The number of nitrogens with zero attached hydrogens (tertiary/aromatic N) is 2. The van der Waals surface area contributed by atoms with Gasteiger partial charge in [-0.2, -0.15) is 5.10 Å². The van der Waals surface area contributed by atoms with Gasteiger partial charge in [0.1, 0.15) is 5.82 Å². The number of hydrogen-bond acceptors (Lipinski definition) is 3. The van der Waals surface area contributed by atoms with Crippen LogP contribution in [0.25, 0.3) is 0 Å². The molecule has 2 rings (SSSR count). The van der Waals surface area contributed by atoms with Crippen LogP contribution in [0, 0.1) is 4.77 Å². The minimum absolute atomic E-state index is 0.0574. The zero-order chi connectivity index (χ0) is 13.0. The first-order valence-corrected chi connectivity index (χ1v) is 6.66. The number of aromatic nitrogens is 3. The van der Waals surface area contributed by atoms with Crippen molar-refractivity contribution < 1.29 is 4.79 Å². The number of amides is 1. The van der Waals surface area contributed by atoms with Crippen molar-refractivity contribution in [3.8, 4) is 0 Å². The number of carbonyl (C=O) groups excluding carboxylic acids is 1. The van der Waals surface area contributed by atoms with E-state index in [1.807, 2.05) is 0 Å². The molecule has 1 aromatic rings. The molecule has 0 aliphatic heterocycles. The molecule has 98 valence electrons. The molecule has 18 heavy (non-hydrogen) atoms. The number of rotatable bonds is 7. The molecule has 1 fully saturated rings. The lowest BCUT2D eigenvalue weighted by Gasteiger charge is -2.06. The average Bonchev–Trinajstić information content (AvgIpc) is 3.12. The smallest absolute Gasteiger partial charge is 0.220 e. The first-order chi connectivity index (χ1) is 8.72. The predicted molar refractivity (Wildman–Crippen MR) is 71.8 cm³/mol. The zero-order valence-electron chi connectivity index (χ0n) is 10.3. The summed E-state index contributed by atoms with van der Waals surface area (Å²) in [7, 11) is 0. The second kappa shape index (κ2) is 5.95. The van der Waals surface area contributed by atoms with Gasteiger partial charge in [0.25, 0.3) is 0 Å². The van der Waals surface area contributed by atoms with Crippen molar-refractivity contribution in [2.24, 2.45) is 0 Å². The molecule has 6 heteroatoms. The maximum absolute atomic E-state index is 11.4. The summed E-state index contributed by atoms with van der Waals surface area (Å²) in [5, 5.41) is 9.91. The summed E-state index contributed by atoms with van der Waals surface area (Å²) in [5.41, 5.74) is 0. The summed E-state index contributed by atoms with van der Waals surface area (Å²) in [6.45, 7) is 4.19. The lowest BCUT2D eigenvalue weighted by atomic mass is 10.3. The Morgan fingerprint density at radius 3 is 3.11 bits per heavy atom. The van der Waals surface area contributed by atoms with E-state index in [1.165, 1.54) is 12.8 Å². The van der Waals surface area contributed by atoms with Gasteiger partial charge in [-0.3, -0.25) is 9.89 Å². The van der Waals surface area contributed by atoms with Crippen LogP contribution in [0.4, 0.5) is 0 Å². The lowest BCUT2D eigenvalue weighted by molar-refractivity contribution is -0.120. The Labute approximate surface area is 111 Å². The molecule has 1 heterocycles. The van der Waals surface area contributed by atoms with Crippen molar-refractivity contribution in [1.82, 2.24) is 20.1 Å². The molecule has 1 aromatic heterocycles. The van der Waals surface area contributed by atoms with Crippen molar-refractivity contribution >= 4 is 18.1 Å². The second-order valence-electron chi connectivity index (χ2n) is 4.47. The zero-order valence-corrected chi connectivity index (χ0v) is 11.1. The highest BCUT2D eigenvalue weighted by Crippen LogP contribution is 2.35. The normalized spacial score (nSPS) is 14.4. The van der Waals surface area contributed by atoms with Crippen LogP contribution in [0.1, 0.15) is 37.5 Å². The molecular weight excluding hydrogens is 248 g/mol. The summed E-state index contributed by atoms with van der Waals surface area (Å²) in [4.78, 5) is 11.4. The Morgan fingerprint density at radius 2 is 2.44 bits per heavy atom. The topological polar surface area (TPSA) is 62.7 Å². The summed E-state index contributed by atoms with van der Waals surface area (Å²) >= 11 is 5.19. The van der Waals surface area contributed by atoms with Crippen molar-refractivity contribution in [2.45, 2.75) is 38.1 Å². The van der Waals surface area contributed by atoms with Crippen LogP contribution >= 0.6 is 12.2 Å².